The maximum absolute atomic E-state index is 5.21. The summed E-state index contributed by atoms with van der Waals surface area (Å²) in [6, 6.07) is 64.1. The van der Waals surface area contributed by atoms with Crippen LogP contribution in [0, 0.1) is 0 Å². The van der Waals surface area contributed by atoms with E-state index in [9.17, 15) is 0 Å². The first-order valence-corrected chi connectivity index (χ1v) is 19.7. The highest BCUT2D eigenvalue weighted by atomic mass is 15.0. The number of aromatic nitrogens is 5. The Kier molecular flexibility index (Phi) is 7.76. The van der Waals surface area contributed by atoms with Gasteiger partial charge in [-0.15, -0.1) is 0 Å². The molecule has 3 aromatic heterocycles. The van der Waals surface area contributed by atoms with Crippen LogP contribution >= 0.6 is 0 Å². The molecule has 58 heavy (non-hydrogen) atoms. The fourth-order valence-corrected chi connectivity index (χ4v) is 8.76. The third-order valence-corrected chi connectivity index (χ3v) is 11.7. The van der Waals surface area contributed by atoms with Crippen LogP contribution in [-0.2, 0) is 5.41 Å². The summed E-state index contributed by atoms with van der Waals surface area (Å²) in [4.78, 5) is 20.4. The van der Waals surface area contributed by atoms with Crippen LogP contribution in [0.3, 0.4) is 0 Å². The molecule has 0 saturated heterocycles. The molecule has 5 nitrogen and oxygen atoms in total. The predicted octanol–water partition coefficient (Wildman–Crippen LogP) is 13.0. The molecule has 0 spiro atoms. The van der Waals surface area contributed by atoms with Crippen molar-refractivity contribution in [1.82, 2.24) is 24.5 Å². The molecular weight excluding hydrogens is 707 g/mol. The predicted molar refractivity (Wildman–Crippen MR) is 237 cm³/mol. The molecular formula is C53H37N5. The summed E-state index contributed by atoms with van der Waals surface area (Å²) >= 11 is 0. The van der Waals surface area contributed by atoms with Crippen LogP contribution in [-0.4, -0.2) is 24.5 Å². The van der Waals surface area contributed by atoms with Gasteiger partial charge in [0, 0.05) is 44.8 Å². The van der Waals surface area contributed by atoms with E-state index in [1.54, 1.807) is 0 Å². The summed E-state index contributed by atoms with van der Waals surface area (Å²) in [5.41, 5.74) is 15.3. The zero-order valence-corrected chi connectivity index (χ0v) is 32.1. The van der Waals surface area contributed by atoms with E-state index in [4.69, 9.17) is 19.9 Å². The van der Waals surface area contributed by atoms with Crippen molar-refractivity contribution in [2.24, 2.45) is 0 Å². The minimum Gasteiger partial charge on any atom is -0.294 e. The summed E-state index contributed by atoms with van der Waals surface area (Å²) in [5.74, 6) is 1.91. The van der Waals surface area contributed by atoms with E-state index in [2.05, 4.69) is 182 Å². The number of benzene rings is 7. The Morgan fingerprint density at radius 1 is 0.397 bits per heavy atom. The van der Waals surface area contributed by atoms with Crippen LogP contribution in [0.15, 0.2) is 188 Å². The van der Waals surface area contributed by atoms with Crippen molar-refractivity contribution in [2.45, 2.75) is 19.3 Å². The van der Waals surface area contributed by atoms with Gasteiger partial charge in [-0.1, -0.05) is 147 Å². The lowest BCUT2D eigenvalue weighted by Crippen LogP contribution is -2.15. The van der Waals surface area contributed by atoms with E-state index in [1.165, 1.54) is 27.6 Å². The van der Waals surface area contributed by atoms with Crippen LogP contribution in [0.1, 0.15) is 25.0 Å². The molecule has 1 aliphatic carbocycles. The van der Waals surface area contributed by atoms with Gasteiger partial charge in [-0.25, -0.2) is 19.9 Å². The van der Waals surface area contributed by atoms with Gasteiger partial charge < -0.3 is 0 Å². The van der Waals surface area contributed by atoms with Crippen molar-refractivity contribution in [3.63, 3.8) is 0 Å². The van der Waals surface area contributed by atoms with Crippen molar-refractivity contribution < 1.29 is 0 Å². The van der Waals surface area contributed by atoms with Gasteiger partial charge in [-0.3, -0.25) is 4.57 Å². The molecule has 0 radical (unpaired) electrons. The molecule has 0 bridgehead atoms. The maximum atomic E-state index is 5.21. The topological polar surface area (TPSA) is 56.5 Å². The van der Waals surface area contributed by atoms with Crippen LogP contribution in [0.5, 0.6) is 0 Å². The number of fused-ring (bicyclic) bond motifs is 6. The second-order valence-electron chi connectivity index (χ2n) is 15.5. The van der Waals surface area contributed by atoms with E-state index in [0.29, 0.717) is 17.5 Å². The Labute approximate surface area is 337 Å². The molecule has 0 atom stereocenters. The van der Waals surface area contributed by atoms with Crippen molar-refractivity contribution in [1.29, 1.82) is 0 Å². The van der Waals surface area contributed by atoms with Gasteiger partial charge in [-0.05, 0) is 93.0 Å². The van der Waals surface area contributed by atoms with Crippen LogP contribution < -0.4 is 0 Å². The third-order valence-electron chi connectivity index (χ3n) is 11.7. The van der Waals surface area contributed by atoms with E-state index in [1.807, 2.05) is 24.4 Å². The van der Waals surface area contributed by atoms with Gasteiger partial charge in [0.1, 0.15) is 5.65 Å². The van der Waals surface area contributed by atoms with Gasteiger partial charge in [0.05, 0.1) is 5.52 Å². The zero-order chi connectivity index (χ0) is 38.8. The van der Waals surface area contributed by atoms with E-state index in [0.717, 1.165) is 61.2 Å². The van der Waals surface area contributed by atoms with Crippen LogP contribution in [0.25, 0.3) is 95.2 Å². The summed E-state index contributed by atoms with van der Waals surface area (Å²) in [5, 5.41) is 2.36. The highest BCUT2D eigenvalue weighted by Crippen LogP contribution is 2.50. The first kappa shape index (κ1) is 33.8. The van der Waals surface area contributed by atoms with E-state index in [-0.39, 0.29) is 5.41 Å². The number of pyridine rings is 1. The second-order valence-corrected chi connectivity index (χ2v) is 15.5. The standard InChI is InChI=1S/C53H37N5/c1-53(2)46-32-40(25-27-42(46)43-28-26-41(33-47(43)53)58-48-24-10-9-22-44(48)45-23-13-29-54-52(45)58)51-56-49(38-20-11-18-36(30-38)34-14-5-3-6-15-34)55-50(57-51)39-21-12-19-37(31-39)35-16-7-4-8-17-35/h3-33H,1-2H3. The van der Waals surface area contributed by atoms with Crippen molar-refractivity contribution in [2.75, 3.05) is 0 Å². The molecule has 3 heterocycles. The van der Waals surface area contributed by atoms with Gasteiger partial charge in [0.15, 0.2) is 17.5 Å². The second kappa shape index (κ2) is 13.3. The smallest absolute Gasteiger partial charge is 0.164 e. The van der Waals surface area contributed by atoms with Gasteiger partial charge >= 0.3 is 0 Å². The van der Waals surface area contributed by atoms with Crippen LogP contribution in [0.4, 0.5) is 0 Å². The van der Waals surface area contributed by atoms with E-state index < -0.39 is 0 Å². The molecule has 11 rings (SSSR count). The fraction of sp³-hybridized carbons (Fsp3) is 0.0566. The lowest BCUT2D eigenvalue weighted by atomic mass is 9.82. The zero-order valence-electron chi connectivity index (χ0n) is 32.1. The molecule has 0 fully saturated rings. The number of nitrogens with zero attached hydrogens (tertiary/aromatic N) is 5. The normalized spacial score (nSPS) is 12.8. The minimum absolute atomic E-state index is 0.282. The molecule has 7 aromatic carbocycles. The molecule has 0 aliphatic heterocycles. The molecule has 1 aliphatic rings. The molecule has 10 aromatic rings. The highest BCUT2D eigenvalue weighted by Gasteiger charge is 2.36. The quantitative estimate of drug-likeness (QED) is 0.170. The Bertz CT molecular complexity index is 3040. The SMILES string of the molecule is CC1(C)c2cc(-c3nc(-c4cccc(-c5ccccc5)c4)nc(-c4cccc(-c5ccccc5)c4)n3)ccc2-c2ccc(-n3c4ccccc4c4cccnc43)cc21. The number of hydrogen-bond donors (Lipinski definition) is 0. The fourth-order valence-electron chi connectivity index (χ4n) is 8.76. The summed E-state index contributed by atoms with van der Waals surface area (Å²) < 4.78 is 2.29. The molecule has 0 saturated carbocycles. The van der Waals surface area contributed by atoms with Crippen LogP contribution in [0.2, 0.25) is 0 Å². The lowest BCUT2D eigenvalue weighted by molar-refractivity contribution is 0.660. The first-order valence-electron chi connectivity index (χ1n) is 19.7. The van der Waals surface area contributed by atoms with Gasteiger partial charge in [-0.2, -0.15) is 0 Å². The summed E-state index contributed by atoms with van der Waals surface area (Å²) in [6.07, 6.45) is 1.88. The highest BCUT2D eigenvalue weighted by molar-refractivity contribution is 6.07. The van der Waals surface area contributed by atoms with Crippen molar-refractivity contribution >= 4 is 21.9 Å². The van der Waals surface area contributed by atoms with E-state index >= 15 is 0 Å². The molecule has 5 heteroatoms. The van der Waals surface area contributed by atoms with Gasteiger partial charge in [0.2, 0.25) is 0 Å². The average Bonchev–Trinajstić information content (AvgIpc) is 3.74. The molecule has 0 unspecified atom stereocenters. The Morgan fingerprint density at radius 2 is 0.897 bits per heavy atom. The Hall–Kier alpha value is -7.50. The number of para-hydroxylation sites is 1. The first-order chi connectivity index (χ1) is 28.5. The summed E-state index contributed by atoms with van der Waals surface area (Å²) in [7, 11) is 0. The third kappa shape index (κ3) is 5.54. The minimum atomic E-state index is -0.282. The largest absolute Gasteiger partial charge is 0.294 e. The van der Waals surface area contributed by atoms with Gasteiger partial charge in [0.25, 0.3) is 0 Å². The molecule has 274 valence electrons. The lowest BCUT2D eigenvalue weighted by Gasteiger charge is -2.23. The molecule has 0 amide bonds. The average molecular weight is 744 g/mol. The number of hydrogen-bond acceptors (Lipinski definition) is 4. The maximum Gasteiger partial charge on any atom is 0.164 e. The monoisotopic (exact) mass is 743 g/mol. The Morgan fingerprint density at radius 3 is 1.53 bits per heavy atom. The van der Waals surface area contributed by atoms with Crippen molar-refractivity contribution in [3.05, 3.63) is 199 Å². The van der Waals surface area contributed by atoms with Crippen molar-refractivity contribution in [3.8, 4) is 73.2 Å². The Balaban J connectivity index is 1.04. The number of rotatable bonds is 6. The molecule has 0 N–H and O–H groups in total. The summed E-state index contributed by atoms with van der Waals surface area (Å²) in [6.45, 7) is 4.65.